The molecule has 1 atom stereocenters. The molecule has 2 saturated heterocycles. The lowest BCUT2D eigenvalue weighted by atomic mass is 9.84. The van der Waals surface area contributed by atoms with Gasteiger partial charge in [0.1, 0.15) is 0 Å². The van der Waals surface area contributed by atoms with Gasteiger partial charge in [-0.3, -0.25) is 4.90 Å². The summed E-state index contributed by atoms with van der Waals surface area (Å²) in [6.45, 7) is 5.52. The summed E-state index contributed by atoms with van der Waals surface area (Å²) in [5, 5.41) is 0. The van der Waals surface area contributed by atoms with Crippen molar-refractivity contribution in [1.29, 1.82) is 0 Å². The summed E-state index contributed by atoms with van der Waals surface area (Å²) in [6.07, 6.45) is 7.77. The fraction of sp³-hybridized carbons (Fsp3) is 0.750. The van der Waals surface area contributed by atoms with Crippen LogP contribution < -0.4 is 4.90 Å². The Hall–Kier alpha value is -1.20. The van der Waals surface area contributed by atoms with Gasteiger partial charge >= 0.3 is 0 Å². The maximum atomic E-state index is 5.40. The second kappa shape index (κ2) is 5.21. The molecule has 1 aromatic heterocycles. The highest BCUT2D eigenvalue weighted by Crippen LogP contribution is 2.44. The van der Waals surface area contributed by atoms with Crippen molar-refractivity contribution in [3.05, 3.63) is 18.5 Å². The quantitative estimate of drug-likeness (QED) is 0.819. The molecule has 21 heavy (non-hydrogen) atoms. The Bertz CT molecular complexity index is 484. The molecule has 2 aliphatic heterocycles. The predicted molar refractivity (Wildman–Crippen MR) is 81.3 cm³/mol. The van der Waals surface area contributed by atoms with Crippen LogP contribution in [-0.4, -0.2) is 60.3 Å². The van der Waals surface area contributed by atoms with Gasteiger partial charge in [0.2, 0.25) is 5.95 Å². The van der Waals surface area contributed by atoms with E-state index >= 15 is 0 Å². The highest BCUT2D eigenvalue weighted by atomic mass is 16.5. The number of hydrogen-bond acceptors (Lipinski definition) is 5. The highest BCUT2D eigenvalue weighted by Gasteiger charge is 2.54. The summed E-state index contributed by atoms with van der Waals surface area (Å²) in [6, 6.07) is 1.88. The molecule has 3 heterocycles. The first-order valence-corrected chi connectivity index (χ1v) is 8.05. The standard InChI is InChI=1S/C16H24N4O/c1-21-10-14-7-16(20(9-14)8-13-3-4-13)11-19(12-16)15-17-5-2-6-18-15/h2,5-6,13-14H,3-4,7-12H2,1H3/t14-/m0/s1. The van der Waals surface area contributed by atoms with Crippen LogP contribution in [-0.2, 0) is 4.74 Å². The number of rotatable bonds is 5. The largest absolute Gasteiger partial charge is 0.384 e. The number of anilines is 1. The number of nitrogens with zero attached hydrogens (tertiary/aromatic N) is 4. The van der Waals surface area contributed by atoms with Crippen molar-refractivity contribution < 1.29 is 4.74 Å². The molecule has 0 radical (unpaired) electrons. The Morgan fingerprint density at radius 3 is 2.67 bits per heavy atom. The van der Waals surface area contributed by atoms with Gasteiger partial charge in [-0.25, -0.2) is 9.97 Å². The summed E-state index contributed by atoms with van der Waals surface area (Å²) in [4.78, 5) is 13.8. The Morgan fingerprint density at radius 2 is 2.00 bits per heavy atom. The zero-order chi connectivity index (χ0) is 14.3. The molecule has 4 rings (SSSR count). The number of aromatic nitrogens is 2. The molecule has 1 aromatic rings. The average molecular weight is 288 g/mol. The zero-order valence-electron chi connectivity index (χ0n) is 12.7. The smallest absolute Gasteiger partial charge is 0.225 e. The predicted octanol–water partition coefficient (Wildman–Crippen LogP) is 1.41. The summed E-state index contributed by atoms with van der Waals surface area (Å²) < 4.78 is 5.40. The van der Waals surface area contributed by atoms with Gasteiger partial charge in [0.05, 0.1) is 12.1 Å². The Balaban J connectivity index is 1.45. The third-order valence-corrected chi connectivity index (χ3v) is 5.20. The van der Waals surface area contributed by atoms with Gasteiger partial charge in [0.15, 0.2) is 0 Å². The van der Waals surface area contributed by atoms with Crippen molar-refractivity contribution >= 4 is 5.95 Å². The van der Waals surface area contributed by atoms with Crippen LogP contribution in [0.5, 0.6) is 0 Å². The number of hydrogen-bond donors (Lipinski definition) is 0. The van der Waals surface area contributed by atoms with Crippen LogP contribution in [0.1, 0.15) is 19.3 Å². The van der Waals surface area contributed by atoms with E-state index in [0.717, 1.165) is 31.6 Å². The molecule has 0 unspecified atom stereocenters. The van der Waals surface area contributed by atoms with Crippen LogP contribution in [0.2, 0.25) is 0 Å². The summed E-state index contributed by atoms with van der Waals surface area (Å²) in [7, 11) is 1.82. The molecule has 1 saturated carbocycles. The molecule has 3 aliphatic rings. The van der Waals surface area contributed by atoms with Crippen LogP contribution >= 0.6 is 0 Å². The minimum absolute atomic E-state index is 0.352. The lowest BCUT2D eigenvalue weighted by molar-refractivity contribution is 0.0971. The minimum Gasteiger partial charge on any atom is -0.384 e. The van der Waals surface area contributed by atoms with Crippen LogP contribution in [0.15, 0.2) is 18.5 Å². The Labute approximate surface area is 126 Å². The number of methoxy groups -OCH3 is 1. The van der Waals surface area contributed by atoms with E-state index in [1.54, 1.807) is 0 Å². The van der Waals surface area contributed by atoms with E-state index in [2.05, 4.69) is 19.8 Å². The molecule has 1 spiro atoms. The van der Waals surface area contributed by atoms with Crippen molar-refractivity contribution in [3.8, 4) is 0 Å². The number of ether oxygens (including phenoxy) is 1. The first kappa shape index (κ1) is 13.5. The van der Waals surface area contributed by atoms with Crippen LogP contribution in [0.25, 0.3) is 0 Å². The molecule has 0 aromatic carbocycles. The lowest BCUT2D eigenvalue weighted by Gasteiger charge is -2.53. The average Bonchev–Trinajstić information content (AvgIpc) is 3.19. The fourth-order valence-corrected chi connectivity index (χ4v) is 4.05. The van der Waals surface area contributed by atoms with Gasteiger partial charge in [-0.05, 0) is 37.2 Å². The van der Waals surface area contributed by atoms with Crippen LogP contribution in [0.4, 0.5) is 5.95 Å². The van der Waals surface area contributed by atoms with E-state index in [-0.39, 0.29) is 0 Å². The van der Waals surface area contributed by atoms with Crippen LogP contribution in [0.3, 0.4) is 0 Å². The van der Waals surface area contributed by atoms with Crippen molar-refractivity contribution in [2.45, 2.75) is 24.8 Å². The SMILES string of the molecule is COC[C@@H]1CN(CC2CC2)C2(C1)CN(c1ncccn1)C2. The fourth-order valence-electron chi connectivity index (χ4n) is 4.05. The Kier molecular flexibility index (Phi) is 3.34. The van der Waals surface area contributed by atoms with E-state index in [4.69, 9.17) is 4.74 Å². The zero-order valence-corrected chi connectivity index (χ0v) is 12.7. The maximum absolute atomic E-state index is 5.40. The van der Waals surface area contributed by atoms with Crippen molar-refractivity contribution in [1.82, 2.24) is 14.9 Å². The third-order valence-electron chi connectivity index (χ3n) is 5.20. The second-order valence-electron chi connectivity index (χ2n) is 7.00. The Morgan fingerprint density at radius 1 is 1.24 bits per heavy atom. The van der Waals surface area contributed by atoms with Gasteiger partial charge in [-0.2, -0.15) is 0 Å². The van der Waals surface area contributed by atoms with Gasteiger partial charge < -0.3 is 9.64 Å². The molecule has 5 nitrogen and oxygen atoms in total. The molecular formula is C16H24N4O. The molecule has 3 fully saturated rings. The highest BCUT2D eigenvalue weighted by molar-refractivity contribution is 5.38. The minimum atomic E-state index is 0.352. The van der Waals surface area contributed by atoms with Gasteiger partial charge in [0, 0.05) is 45.7 Å². The topological polar surface area (TPSA) is 41.5 Å². The maximum Gasteiger partial charge on any atom is 0.225 e. The summed E-state index contributed by atoms with van der Waals surface area (Å²) in [5.74, 6) is 2.52. The molecule has 0 amide bonds. The van der Waals surface area contributed by atoms with Crippen molar-refractivity contribution in [3.63, 3.8) is 0 Å². The lowest BCUT2D eigenvalue weighted by Crippen LogP contribution is -2.68. The molecular weight excluding hydrogens is 264 g/mol. The summed E-state index contributed by atoms with van der Waals surface area (Å²) in [5.41, 5.74) is 0.352. The van der Waals surface area contributed by atoms with Crippen LogP contribution in [0, 0.1) is 11.8 Å². The van der Waals surface area contributed by atoms with Gasteiger partial charge in [-0.15, -0.1) is 0 Å². The normalized spacial score (nSPS) is 28.0. The molecule has 0 N–H and O–H groups in total. The number of likely N-dealkylation sites (tertiary alicyclic amines) is 1. The second-order valence-corrected chi connectivity index (χ2v) is 7.00. The van der Waals surface area contributed by atoms with E-state index < -0.39 is 0 Å². The van der Waals surface area contributed by atoms with E-state index in [0.29, 0.717) is 11.5 Å². The molecule has 0 bridgehead atoms. The van der Waals surface area contributed by atoms with E-state index in [1.165, 1.54) is 32.4 Å². The monoisotopic (exact) mass is 288 g/mol. The molecule has 5 heteroatoms. The van der Waals surface area contributed by atoms with Crippen molar-refractivity contribution in [2.75, 3.05) is 44.8 Å². The van der Waals surface area contributed by atoms with E-state index in [9.17, 15) is 0 Å². The first-order valence-electron chi connectivity index (χ1n) is 8.05. The first-order chi connectivity index (χ1) is 10.3. The molecule has 1 aliphatic carbocycles. The third kappa shape index (κ3) is 2.53. The van der Waals surface area contributed by atoms with Gasteiger partial charge in [-0.1, -0.05) is 0 Å². The van der Waals surface area contributed by atoms with Gasteiger partial charge in [0.25, 0.3) is 0 Å². The van der Waals surface area contributed by atoms with Crippen molar-refractivity contribution in [2.24, 2.45) is 11.8 Å². The summed E-state index contributed by atoms with van der Waals surface area (Å²) >= 11 is 0. The molecule has 114 valence electrons. The van der Waals surface area contributed by atoms with E-state index in [1.807, 2.05) is 25.6 Å².